The Morgan fingerprint density at radius 3 is 2.47 bits per heavy atom. The first kappa shape index (κ1) is 35.0. The molecule has 0 unspecified atom stereocenters. The second-order valence-corrected chi connectivity index (χ2v) is 15.3. The van der Waals surface area contributed by atoms with Crippen LogP contribution in [0.1, 0.15) is 50.8 Å². The average Bonchev–Trinajstić information content (AvgIpc) is 3.36. The van der Waals surface area contributed by atoms with Crippen LogP contribution in [0, 0.1) is 5.92 Å². The third kappa shape index (κ3) is 8.11. The van der Waals surface area contributed by atoms with Gasteiger partial charge in [-0.2, -0.15) is 13.2 Å². The van der Waals surface area contributed by atoms with Crippen LogP contribution in [0.15, 0.2) is 40.3 Å². The molecule has 246 valence electrons. The molecular weight excluding hydrogens is 656 g/mol. The van der Waals surface area contributed by atoms with E-state index in [-0.39, 0.29) is 61.7 Å². The van der Waals surface area contributed by atoms with Crippen LogP contribution in [0.25, 0.3) is 10.9 Å². The number of benzene rings is 2. The molecule has 15 heteroatoms. The maximum atomic E-state index is 14.4. The highest BCUT2D eigenvalue weighted by atomic mass is 35.5. The molecule has 1 fully saturated rings. The number of ether oxygens (including phenoxy) is 1. The van der Waals surface area contributed by atoms with Gasteiger partial charge in [0.25, 0.3) is 5.56 Å². The van der Waals surface area contributed by atoms with Gasteiger partial charge in [-0.25, -0.2) is 18.2 Å². The Kier molecular flexibility index (Phi) is 10.2. The fraction of sp³-hybridized carbons (Fsp3) is 0.500. The highest BCUT2D eigenvalue weighted by Crippen LogP contribution is 2.39. The molecule has 4 rings (SSSR count). The zero-order valence-electron chi connectivity index (χ0n) is 25.5. The third-order valence-electron chi connectivity index (χ3n) is 7.53. The molecule has 9 nitrogen and oxygen atoms in total. The predicted octanol–water partition coefficient (Wildman–Crippen LogP) is 6.25. The highest BCUT2D eigenvalue weighted by molar-refractivity contribution is 7.91. The summed E-state index contributed by atoms with van der Waals surface area (Å²) in [5.41, 5.74) is -2.61. The number of carbonyl (C=O) groups excluding carboxylic acids is 1. The first-order valence-corrected chi connectivity index (χ1v) is 16.7. The standard InChI is InChI=1S/C30H35Cl2F3N4O5S/c1-6-45(42,43)24-8-7-20(31)11-19(24)15-39-17-36-26-21(27(39)40)12-23(30(33,34)35)22(25(26)32)16-38-10-9-18(14-38)13-37(5)28(41)44-29(2,3)4/h7-8,11-12,17-18H,6,9-10,13-16H2,1-5H3/t18-/m1/s1. The van der Waals surface area contributed by atoms with Crippen molar-refractivity contribution in [3.63, 3.8) is 0 Å². The molecule has 0 saturated carbocycles. The number of aromatic nitrogens is 2. The molecule has 2 heterocycles. The number of fused-ring (bicyclic) bond motifs is 1. The van der Waals surface area contributed by atoms with E-state index < -0.39 is 38.8 Å². The van der Waals surface area contributed by atoms with Crippen molar-refractivity contribution in [2.75, 3.05) is 32.4 Å². The van der Waals surface area contributed by atoms with Crippen molar-refractivity contribution in [3.05, 3.63) is 67.7 Å². The highest BCUT2D eigenvalue weighted by Gasteiger charge is 2.37. The summed E-state index contributed by atoms with van der Waals surface area (Å²) in [6.45, 7) is 7.63. The molecule has 0 aliphatic carbocycles. The minimum Gasteiger partial charge on any atom is -0.444 e. The second-order valence-electron chi connectivity index (χ2n) is 12.2. The summed E-state index contributed by atoms with van der Waals surface area (Å²) >= 11 is 12.7. The molecule has 0 N–H and O–H groups in total. The van der Waals surface area contributed by atoms with Crippen LogP contribution in [0.3, 0.4) is 0 Å². The maximum absolute atomic E-state index is 14.4. The number of carbonyl (C=O) groups is 1. The molecule has 1 saturated heterocycles. The molecule has 0 spiro atoms. The SMILES string of the molecule is CCS(=O)(=O)c1ccc(Cl)cc1Cn1cnc2c(Cl)c(CN3CC[C@H](CN(C)C(=O)OC(C)(C)C)C3)c(C(F)(F)F)cc2c1=O. The van der Waals surface area contributed by atoms with Gasteiger partial charge >= 0.3 is 12.3 Å². The number of sulfone groups is 1. The van der Waals surface area contributed by atoms with Crippen molar-refractivity contribution in [2.45, 2.75) is 63.9 Å². The quantitative estimate of drug-likeness (QED) is 0.275. The molecule has 1 aliphatic heterocycles. The van der Waals surface area contributed by atoms with E-state index in [1.165, 1.54) is 30.0 Å². The number of hydrogen-bond acceptors (Lipinski definition) is 7. The smallest absolute Gasteiger partial charge is 0.416 e. The van der Waals surface area contributed by atoms with Crippen molar-refractivity contribution in [1.29, 1.82) is 0 Å². The molecule has 1 atom stereocenters. The van der Waals surface area contributed by atoms with Crippen LogP contribution in [0.4, 0.5) is 18.0 Å². The monoisotopic (exact) mass is 690 g/mol. The van der Waals surface area contributed by atoms with E-state index in [0.29, 0.717) is 26.1 Å². The zero-order chi connectivity index (χ0) is 33.5. The molecule has 1 aliphatic rings. The number of hydrogen-bond donors (Lipinski definition) is 0. The van der Waals surface area contributed by atoms with E-state index in [0.717, 1.165) is 17.0 Å². The Morgan fingerprint density at radius 1 is 1.16 bits per heavy atom. The van der Waals surface area contributed by atoms with Crippen molar-refractivity contribution in [2.24, 2.45) is 5.92 Å². The summed E-state index contributed by atoms with van der Waals surface area (Å²) in [7, 11) is -2.07. The van der Waals surface area contributed by atoms with Crippen molar-refractivity contribution >= 4 is 50.0 Å². The van der Waals surface area contributed by atoms with Crippen LogP contribution in [-0.4, -0.2) is 71.9 Å². The number of rotatable bonds is 8. The van der Waals surface area contributed by atoms with Gasteiger partial charge in [0, 0.05) is 31.7 Å². The van der Waals surface area contributed by atoms with Crippen LogP contribution in [-0.2, 0) is 33.8 Å². The molecular formula is C30H35Cl2F3N4O5S. The normalized spacial score (nSPS) is 16.4. The van der Waals surface area contributed by atoms with E-state index >= 15 is 0 Å². The largest absolute Gasteiger partial charge is 0.444 e. The van der Waals surface area contributed by atoms with Gasteiger partial charge in [0.1, 0.15) is 5.60 Å². The number of halogens is 5. The van der Waals surface area contributed by atoms with Crippen molar-refractivity contribution in [1.82, 2.24) is 19.4 Å². The fourth-order valence-electron chi connectivity index (χ4n) is 5.37. The fourth-order valence-corrected chi connectivity index (χ4v) is 6.98. The van der Waals surface area contributed by atoms with Gasteiger partial charge in [0.15, 0.2) is 9.84 Å². The lowest BCUT2D eigenvalue weighted by Gasteiger charge is -2.26. The van der Waals surface area contributed by atoms with Gasteiger partial charge in [-0.15, -0.1) is 0 Å². The van der Waals surface area contributed by atoms with Crippen LogP contribution >= 0.6 is 23.2 Å². The van der Waals surface area contributed by atoms with Gasteiger partial charge in [-0.1, -0.05) is 30.1 Å². The van der Waals surface area contributed by atoms with E-state index in [1.54, 1.807) is 27.8 Å². The minimum absolute atomic E-state index is 0.00863. The van der Waals surface area contributed by atoms with Gasteiger partial charge in [0.2, 0.25) is 0 Å². The van der Waals surface area contributed by atoms with Crippen LogP contribution in [0.2, 0.25) is 10.0 Å². The average molecular weight is 692 g/mol. The predicted molar refractivity (Wildman–Crippen MR) is 167 cm³/mol. The first-order chi connectivity index (χ1) is 20.8. The summed E-state index contributed by atoms with van der Waals surface area (Å²) < 4.78 is 74.9. The van der Waals surface area contributed by atoms with Crippen molar-refractivity contribution < 1.29 is 31.1 Å². The molecule has 45 heavy (non-hydrogen) atoms. The molecule has 1 amide bonds. The Balaban J connectivity index is 1.64. The van der Waals surface area contributed by atoms with Gasteiger partial charge < -0.3 is 9.64 Å². The molecule has 0 radical (unpaired) electrons. The van der Waals surface area contributed by atoms with Crippen LogP contribution in [0.5, 0.6) is 0 Å². The van der Waals surface area contributed by atoms with E-state index in [9.17, 15) is 31.2 Å². The summed E-state index contributed by atoms with van der Waals surface area (Å²) in [5, 5.41) is -0.399. The molecule has 0 bridgehead atoms. The first-order valence-electron chi connectivity index (χ1n) is 14.3. The topological polar surface area (TPSA) is 102 Å². The zero-order valence-corrected chi connectivity index (χ0v) is 27.9. The Hall–Kier alpha value is -2.87. The molecule has 1 aromatic heterocycles. The lowest BCUT2D eigenvalue weighted by Crippen LogP contribution is -2.37. The minimum atomic E-state index is -4.83. The number of alkyl halides is 3. The van der Waals surface area contributed by atoms with Crippen molar-refractivity contribution in [3.8, 4) is 0 Å². The van der Waals surface area contributed by atoms with E-state index in [1.807, 2.05) is 4.90 Å². The van der Waals surface area contributed by atoms with E-state index in [2.05, 4.69) is 4.98 Å². The summed E-state index contributed by atoms with van der Waals surface area (Å²) in [6, 6.07) is 4.90. The number of nitrogens with zero attached hydrogens (tertiary/aromatic N) is 4. The summed E-state index contributed by atoms with van der Waals surface area (Å²) in [4.78, 5) is 33.3. The number of amides is 1. The Labute approximate surface area is 269 Å². The third-order valence-corrected chi connectivity index (χ3v) is 10.0. The van der Waals surface area contributed by atoms with Crippen LogP contribution < -0.4 is 5.56 Å². The Bertz CT molecular complexity index is 1770. The van der Waals surface area contributed by atoms with Gasteiger partial charge in [0.05, 0.1) is 45.0 Å². The second kappa shape index (κ2) is 13.1. The van der Waals surface area contributed by atoms with Gasteiger partial charge in [-0.05, 0) is 75.0 Å². The van der Waals surface area contributed by atoms with E-state index in [4.69, 9.17) is 27.9 Å². The molecule has 3 aromatic rings. The Morgan fingerprint density at radius 2 is 1.84 bits per heavy atom. The summed E-state index contributed by atoms with van der Waals surface area (Å²) in [6.07, 6.45) is -3.52. The summed E-state index contributed by atoms with van der Waals surface area (Å²) in [5.74, 6) is -0.188. The molecule has 2 aromatic carbocycles. The number of likely N-dealkylation sites (tertiary alicyclic amines) is 1. The lowest BCUT2D eigenvalue weighted by molar-refractivity contribution is -0.138. The van der Waals surface area contributed by atoms with Gasteiger partial charge in [-0.3, -0.25) is 14.3 Å². The maximum Gasteiger partial charge on any atom is 0.416 e. The lowest BCUT2D eigenvalue weighted by atomic mass is 10.0.